The minimum absolute atomic E-state index is 0.0219. The van der Waals surface area contributed by atoms with Crippen LogP contribution < -0.4 is 0 Å². The van der Waals surface area contributed by atoms with Crippen molar-refractivity contribution in [1.82, 2.24) is 19.8 Å². The van der Waals surface area contributed by atoms with Gasteiger partial charge in [0.15, 0.2) is 0 Å². The van der Waals surface area contributed by atoms with Crippen molar-refractivity contribution in [1.29, 1.82) is 0 Å². The number of nitrogens with zero attached hydrogens (tertiary/aromatic N) is 4. The standard InChI is InChI=1S/C17H28N4O2/c1-12-15(10-18-13(2)19-12)17(23)21-8-7-16(20(3)4)14(11-21)6-5-9-22/h10,14,16,22H,5-9,11H2,1-4H3/t14-,16+/m1/s1. The number of amides is 1. The number of aromatic nitrogens is 2. The van der Waals surface area contributed by atoms with Crippen LogP contribution in [0.2, 0.25) is 0 Å². The quantitative estimate of drug-likeness (QED) is 0.884. The van der Waals surface area contributed by atoms with Gasteiger partial charge in [0.2, 0.25) is 0 Å². The lowest BCUT2D eigenvalue weighted by atomic mass is 9.87. The van der Waals surface area contributed by atoms with Crippen LogP contribution in [0.3, 0.4) is 0 Å². The van der Waals surface area contributed by atoms with Gasteiger partial charge in [-0.25, -0.2) is 9.97 Å². The Bertz CT molecular complexity index is 547. The molecule has 0 spiro atoms. The van der Waals surface area contributed by atoms with E-state index >= 15 is 0 Å². The van der Waals surface area contributed by atoms with E-state index < -0.39 is 0 Å². The first kappa shape index (κ1) is 17.8. The fourth-order valence-electron chi connectivity index (χ4n) is 3.48. The van der Waals surface area contributed by atoms with E-state index in [4.69, 9.17) is 5.11 Å². The van der Waals surface area contributed by atoms with E-state index in [1.807, 2.05) is 18.7 Å². The lowest BCUT2D eigenvalue weighted by Crippen LogP contribution is -2.50. The molecule has 23 heavy (non-hydrogen) atoms. The van der Waals surface area contributed by atoms with Crippen molar-refractivity contribution < 1.29 is 9.90 Å². The molecular formula is C17H28N4O2. The minimum Gasteiger partial charge on any atom is -0.396 e. The van der Waals surface area contributed by atoms with Crippen LogP contribution in [-0.4, -0.2) is 70.6 Å². The average Bonchev–Trinajstić information content (AvgIpc) is 2.51. The summed E-state index contributed by atoms with van der Waals surface area (Å²) >= 11 is 0. The first-order chi connectivity index (χ1) is 10.9. The number of carbonyl (C=O) groups is 1. The van der Waals surface area contributed by atoms with E-state index in [1.54, 1.807) is 6.20 Å². The van der Waals surface area contributed by atoms with E-state index in [0.29, 0.717) is 23.3 Å². The summed E-state index contributed by atoms with van der Waals surface area (Å²) in [6.45, 7) is 5.38. The molecule has 6 nitrogen and oxygen atoms in total. The second-order valence-electron chi connectivity index (χ2n) is 6.61. The molecule has 128 valence electrons. The summed E-state index contributed by atoms with van der Waals surface area (Å²) in [4.78, 5) is 25.4. The van der Waals surface area contributed by atoms with Crippen molar-refractivity contribution in [2.75, 3.05) is 33.8 Å². The maximum atomic E-state index is 12.8. The van der Waals surface area contributed by atoms with Crippen LogP contribution in [0.4, 0.5) is 0 Å². The highest BCUT2D eigenvalue weighted by atomic mass is 16.3. The number of rotatable bonds is 5. The molecule has 1 amide bonds. The van der Waals surface area contributed by atoms with Gasteiger partial charge in [-0.2, -0.15) is 0 Å². The number of carbonyl (C=O) groups excluding carboxylic acids is 1. The molecule has 6 heteroatoms. The Hall–Kier alpha value is -1.53. The van der Waals surface area contributed by atoms with Gasteiger partial charge in [-0.3, -0.25) is 4.79 Å². The predicted molar refractivity (Wildman–Crippen MR) is 89.3 cm³/mol. The normalized spacial score (nSPS) is 21.7. The number of hydrogen-bond acceptors (Lipinski definition) is 5. The molecule has 1 aliphatic rings. The van der Waals surface area contributed by atoms with Gasteiger partial charge in [-0.1, -0.05) is 0 Å². The van der Waals surface area contributed by atoms with E-state index in [-0.39, 0.29) is 12.5 Å². The summed E-state index contributed by atoms with van der Waals surface area (Å²) in [6.07, 6.45) is 4.32. The zero-order chi connectivity index (χ0) is 17.0. The van der Waals surface area contributed by atoms with Gasteiger partial charge in [0.1, 0.15) is 5.82 Å². The first-order valence-electron chi connectivity index (χ1n) is 8.30. The zero-order valence-corrected chi connectivity index (χ0v) is 14.6. The Balaban J connectivity index is 2.12. The molecule has 0 aliphatic carbocycles. The van der Waals surface area contributed by atoms with Crippen LogP contribution >= 0.6 is 0 Å². The van der Waals surface area contributed by atoms with Crippen molar-refractivity contribution in [3.05, 3.63) is 23.3 Å². The largest absolute Gasteiger partial charge is 0.396 e. The Morgan fingerprint density at radius 3 is 2.78 bits per heavy atom. The van der Waals surface area contributed by atoms with Gasteiger partial charge in [0, 0.05) is 31.9 Å². The minimum atomic E-state index is 0.0219. The highest BCUT2D eigenvalue weighted by molar-refractivity contribution is 5.95. The Morgan fingerprint density at radius 2 is 2.17 bits per heavy atom. The molecule has 0 saturated carbocycles. The molecule has 1 saturated heterocycles. The van der Waals surface area contributed by atoms with Crippen LogP contribution in [0.25, 0.3) is 0 Å². The molecule has 1 aromatic rings. The van der Waals surface area contributed by atoms with Crippen LogP contribution in [0.1, 0.15) is 41.1 Å². The maximum absolute atomic E-state index is 12.8. The molecule has 1 N–H and O–H groups in total. The lowest BCUT2D eigenvalue weighted by molar-refractivity contribution is 0.0494. The fourth-order valence-corrected chi connectivity index (χ4v) is 3.48. The van der Waals surface area contributed by atoms with Crippen molar-refractivity contribution >= 4 is 5.91 Å². The monoisotopic (exact) mass is 320 g/mol. The summed E-state index contributed by atoms with van der Waals surface area (Å²) in [5, 5.41) is 9.13. The molecule has 0 bridgehead atoms. The molecule has 1 aliphatic heterocycles. The van der Waals surface area contributed by atoms with E-state index in [1.165, 1.54) is 0 Å². The van der Waals surface area contributed by atoms with Crippen LogP contribution in [0.5, 0.6) is 0 Å². The van der Waals surface area contributed by atoms with E-state index in [0.717, 1.165) is 38.0 Å². The highest BCUT2D eigenvalue weighted by Crippen LogP contribution is 2.26. The van der Waals surface area contributed by atoms with Gasteiger partial charge < -0.3 is 14.9 Å². The van der Waals surface area contributed by atoms with Crippen molar-refractivity contribution in [3.63, 3.8) is 0 Å². The van der Waals surface area contributed by atoms with Crippen molar-refractivity contribution in [2.45, 2.75) is 39.2 Å². The predicted octanol–water partition coefficient (Wildman–Crippen LogP) is 1.26. The third-order valence-electron chi connectivity index (χ3n) is 4.71. The number of aliphatic hydroxyl groups is 1. The average molecular weight is 320 g/mol. The molecule has 0 aromatic carbocycles. The summed E-state index contributed by atoms with van der Waals surface area (Å²) in [5.41, 5.74) is 1.34. The first-order valence-corrected chi connectivity index (χ1v) is 8.30. The highest BCUT2D eigenvalue weighted by Gasteiger charge is 2.33. The zero-order valence-electron chi connectivity index (χ0n) is 14.6. The van der Waals surface area contributed by atoms with E-state index in [2.05, 4.69) is 29.0 Å². The van der Waals surface area contributed by atoms with Crippen LogP contribution in [0, 0.1) is 19.8 Å². The second-order valence-corrected chi connectivity index (χ2v) is 6.61. The molecule has 2 heterocycles. The van der Waals surface area contributed by atoms with Gasteiger partial charge in [0.25, 0.3) is 5.91 Å². The third kappa shape index (κ3) is 4.26. The number of piperidine rings is 1. The van der Waals surface area contributed by atoms with Crippen LogP contribution in [-0.2, 0) is 0 Å². The number of aryl methyl sites for hydroxylation is 2. The molecule has 2 rings (SSSR count). The Morgan fingerprint density at radius 1 is 1.43 bits per heavy atom. The summed E-state index contributed by atoms with van der Waals surface area (Å²) < 4.78 is 0. The van der Waals surface area contributed by atoms with Gasteiger partial charge >= 0.3 is 0 Å². The van der Waals surface area contributed by atoms with Gasteiger partial charge in [0.05, 0.1) is 11.3 Å². The molecule has 1 aromatic heterocycles. The summed E-state index contributed by atoms with van der Waals surface area (Å²) in [7, 11) is 4.18. The molecule has 0 radical (unpaired) electrons. The molecule has 1 fully saturated rings. The molecule has 2 atom stereocenters. The Kier molecular flexibility index (Phi) is 6.07. The van der Waals surface area contributed by atoms with E-state index in [9.17, 15) is 4.79 Å². The second kappa shape index (κ2) is 7.84. The van der Waals surface area contributed by atoms with Gasteiger partial charge in [-0.15, -0.1) is 0 Å². The summed E-state index contributed by atoms with van der Waals surface area (Å²) in [5.74, 6) is 1.10. The molecule has 0 unspecified atom stereocenters. The number of hydrogen-bond donors (Lipinski definition) is 1. The number of likely N-dealkylation sites (tertiary alicyclic amines) is 1. The number of aliphatic hydroxyl groups excluding tert-OH is 1. The SMILES string of the molecule is Cc1ncc(C(=O)N2CC[C@H](N(C)C)[C@H](CCCO)C2)c(C)n1. The lowest BCUT2D eigenvalue weighted by Gasteiger charge is -2.41. The maximum Gasteiger partial charge on any atom is 0.257 e. The fraction of sp³-hybridized carbons (Fsp3) is 0.706. The Labute approximate surface area is 138 Å². The topological polar surface area (TPSA) is 69.6 Å². The van der Waals surface area contributed by atoms with Crippen LogP contribution in [0.15, 0.2) is 6.20 Å². The smallest absolute Gasteiger partial charge is 0.257 e. The van der Waals surface area contributed by atoms with Crippen molar-refractivity contribution in [2.24, 2.45) is 5.92 Å². The summed E-state index contributed by atoms with van der Waals surface area (Å²) in [6, 6.07) is 0.459. The molecular weight excluding hydrogens is 292 g/mol. The third-order valence-corrected chi connectivity index (χ3v) is 4.71. The van der Waals surface area contributed by atoms with Crippen molar-refractivity contribution in [3.8, 4) is 0 Å². The van der Waals surface area contributed by atoms with Gasteiger partial charge in [-0.05, 0) is 53.1 Å².